The van der Waals surface area contributed by atoms with E-state index in [0.717, 1.165) is 12.8 Å². The second-order valence-corrected chi connectivity index (χ2v) is 3.98. The monoisotopic (exact) mass is 278 g/mol. The van der Waals surface area contributed by atoms with Crippen molar-refractivity contribution < 1.29 is 14.3 Å². The van der Waals surface area contributed by atoms with Gasteiger partial charge in [0.25, 0.3) is 5.91 Å². The van der Waals surface area contributed by atoms with Crippen molar-refractivity contribution in [3.63, 3.8) is 0 Å². The van der Waals surface area contributed by atoms with E-state index < -0.39 is 0 Å². The van der Waals surface area contributed by atoms with Crippen molar-refractivity contribution >= 4 is 5.91 Å². The molecule has 0 saturated heterocycles. The molecule has 0 bridgehead atoms. The lowest BCUT2D eigenvalue weighted by molar-refractivity contribution is 0.0949. The Hall–Kier alpha value is -2.40. The van der Waals surface area contributed by atoms with Gasteiger partial charge in [-0.05, 0) is 36.6 Å². The number of unbranched alkanes of at least 4 members (excludes halogenated alkanes) is 1. The molecule has 7 nitrogen and oxygen atoms in total. The molecule has 1 amide bonds. The molecule has 0 unspecified atom stereocenters. The molecule has 0 spiro atoms. The molecule has 20 heavy (non-hydrogen) atoms. The molecule has 0 saturated carbocycles. The van der Waals surface area contributed by atoms with Crippen LogP contribution in [0.5, 0.6) is 11.5 Å². The van der Waals surface area contributed by atoms with Gasteiger partial charge in [0.05, 0.1) is 19.8 Å². The fraction of sp³-hybridized carbons (Fsp3) is 0.462. The summed E-state index contributed by atoms with van der Waals surface area (Å²) in [6, 6.07) is 5.05. The highest BCUT2D eigenvalue weighted by Crippen LogP contribution is 2.23. The molecular weight excluding hydrogens is 260 g/mol. The Morgan fingerprint density at radius 2 is 2.15 bits per heavy atom. The van der Waals surface area contributed by atoms with E-state index in [9.17, 15) is 4.79 Å². The van der Waals surface area contributed by atoms with Gasteiger partial charge in [0.15, 0.2) is 0 Å². The third-order valence-electron chi connectivity index (χ3n) is 2.68. The molecule has 0 aliphatic heterocycles. The average molecular weight is 278 g/mol. The number of methoxy groups -OCH3 is 2. The van der Waals surface area contributed by atoms with Crippen molar-refractivity contribution in [2.45, 2.75) is 12.8 Å². The van der Waals surface area contributed by atoms with E-state index in [-0.39, 0.29) is 5.91 Å². The molecule has 0 aromatic heterocycles. The van der Waals surface area contributed by atoms with Crippen molar-refractivity contribution in [2.24, 2.45) is 5.11 Å². The number of carbonyl (C=O) groups excluding carboxylic acids is 1. The maximum absolute atomic E-state index is 12.1. The molecule has 7 heteroatoms. The van der Waals surface area contributed by atoms with Crippen LogP contribution in [0.2, 0.25) is 0 Å². The van der Waals surface area contributed by atoms with Crippen LogP contribution in [0.1, 0.15) is 23.2 Å². The number of ether oxygens (including phenoxy) is 2. The zero-order chi connectivity index (χ0) is 14.8. The molecule has 0 atom stereocenters. The molecule has 0 fully saturated rings. The molecule has 108 valence electrons. The minimum atomic E-state index is -0.218. The summed E-state index contributed by atoms with van der Waals surface area (Å²) >= 11 is 0. The van der Waals surface area contributed by atoms with Crippen molar-refractivity contribution in [3.05, 3.63) is 34.2 Å². The summed E-state index contributed by atoms with van der Waals surface area (Å²) in [6.45, 7) is 0.953. The minimum absolute atomic E-state index is 0.218. The van der Waals surface area contributed by atoms with Crippen LogP contribution in [0.3, 0.4) is 0 Å². The number of benzene rings is 1. The van der Waals surface area contributed by atoms with E-state index in [1.54, 1.807) is 25.3 Å². The van der Waals surface area contributed by atoms with Gasteiger partial charge >= 0.3 is 0 Å². The summed E-state index contributed by atoms with van der Waals surface area (Å²) in [4.78, 5) is 14.7. The second-order valence-electron chi connectivity index (χ2n) is 3.98. The zero-order valence-corrected chi connectivity index (χ0v) is 11.6. The first-order chi connectivity index (χ1) is 9.72. The van der Waals surface area contributed by atoms with Gasteiger partial charge in [0.1, 0.15) is 11.5 Å². The van der Waals surface area contributed by atoms with Crippen LogP contribution in [-0.2, 0) is 0 Å². The van der Waals surface area contributed by atoms with Crippen LogP contribution in [0.25, 0.3) is 10.4 Å². The predicted octanol–water partition coefficient (Wildman–Crippen LogP) is 2.52. The topological polar surface area (TPSA) is 96.3 Å². The van der Waals surface area contributed by atoms with Crippen LogP contribution >= 0.6 is 0 Å². The summed E-state index contributed by atoms with van der Waals surface area (Å²) in [6.07, 6.45) is 1.48. The highest BCUT2D eigenvalue weighted by molar-refractivity contribution is 5.97. The Morgan fingerprint density at radius 1 is 1.35 bits per heavy atom. The SMILES string of the molecule is COc1ccc(OC)c(C(=O)NCCCCN=[N+]=[N-])c1. The zero-order valence-electron chi connectivity index (χ0n) is 11.6. The van der Waals surface area contributed by atoms with Gasteiger partial charge in [-0.3, -0.25) is 4.79 Å². The number of hydrogen-bond acceptors (Lipinski definition) is 4. The molecule has 0 heterocycles. The molecule has 1 N–H and O–H groups in total. The third-order valence-corrected chi connectivity index (χ3v) is 2.68. The molecule has 1 rings (SSSR count). The number of nitrogens with one attached hydrogen (secondary N) is 1. The summed E-state index contributed by atoms with van der Waals surface area (Å²) in [7, 11) is 3.05. The Balaban J connectivity index is 2.55. The van der Waals surface area contributed by atoms with Gasteiger partial charge in [-0.1, -0.05) is 5.11 Å². The standard InChI is InChI=1S/C13H18N4O3/c1-19-10-5-6-12(20-2)11(9-10)13(18)15-7-3-4-8-16-17-14/h5-6,9H,3-4,7-8H2,1-2H3,(H,15,18). The minimum Gasteiger partial charge on any atom is -0.497 e. The number of azide groups is 1. The average Bonchev–Trinajstić information content (AvgIpc) is 2.49. The lowest BCUT2D eigenvalue weighted by Gasteiger charge is -2.10. The third kappa shape index (κ3) is 4.70. The second kappa shape index (κ2) is 8.66. The summed E-state index contributed by atoms with van der Waals surface area (Å²) in [5, 5.41) is 6.22. The van der Waals surface area contributed by atoms with Crippen LogP contribution in [0.15, 0.2) is 23.3 Å². The molecular formula is C13H18N4O3. The van der Waals surface area contributed by atoms with Gasteiger partial charge in [-0.2, -0.15) is 0 Å². The fourth-order valence-electron chi connectivity index (χ4n) is 1.64. The van der Waals surface area contributed by atoms with Crippen molar-refractivity contribution in [3.8, 4) is 11.5 Å². The van der Waals surface area contributed by atoms with E-state index in [4.69, 9.17) is 15.0 Å². The fourth-order valence-corrected chi connectivity index (χ4v) is 1.64. The van der Waals surface area contributed by atoms with Crippen molar-refractivity contribution in [2.75, 3.05) is 27.3 Å². The lowest BCUT2D eigenvalue weighted by atomic mass is 10.1. The Morgan fingerprint density at radius 3 is 2.80 bits per heavy atom. The van der Waals surface area contributed by atoms with E-state index in [1.165, 1.54) is 7.11 Å². The molecule has 1 aromatic rings. The summed E-state index contributed by atoms with van der Waals surface area (Å²) in [5.74, 6) is 0.876. The van der Waals surface area contributed by atoms with Crippen LogP contribution in [0.4, 0.5) is 0 Å². The first-order valence-electron chi connectivity index (χ1n) is 6.24. The van der Waals surface area contributed by atoms with Gasteiger partial charge in [-0.15, -0.1) is 0 Å². The first-order valence-corrected chi connectivity index (χ1v) is 6.24. The molecule has 0 radical (unpaired) electrons. The van der Waals surface area contributed by atoms with Gasteiger partial charge in [0.2, 0.25) is 0 Å². The number of nitrogens with zero attached hydrogens (tertiary/aromatic N) is 3. The van der Waals surface area contributed by atoms with Gasteiger partial charge < -0.3 is 14.8 Å². The molecule has 0 aliphatic rings. The van der Waals surface area contributed by atoms with E-state index in [1.807, 2.05) is 0 Å². The maximum atomic E-state index is 12.1. The number of amides is 1. The normalized spacial score (nSPS) is 9.50. The molecule has 0 aliphatic carbocycles. The summed E-state index contributed by atoms with van der Waals surface area (Å²) in [5.41, 5.74) is 8.56. The van der Waals surface area contributed by atoms with Gasteiger partial charge in [-0.25, -0.2) is 0 Å². The van der Waals surface area contributed by atoms with E-state index in [2.05, 4.69) is 15.3 Å². The van der Waals surface area contributed by atoms with Crippen LogP contribution < -0.4 is 14.8 Å². The lowest BCUT2D eigenvalue weighted by Crippen LogP contribution is -2.25. The highest BCUT2D eigenvalue weighted by Gasteiger charge is 2.12. The Labute approximate surface area is 117 Å². The summed E-state index contributed by atoms with van der Waals surface area (Å²) < 4.78 is 10.2. The number of rotatable bonds is 8. The molecule has 1 aromatic carbocycles. The van der Waals surface area contributed by atoms with Gasteiger partial charge in [0, 0.05) is 18.0 Å². The quantitative estimate of drug-likeness (QED) is 0.342. The number of carbonyl (C=O) groups is 1. The maximum Gasteiger partial charge on any atom is 0.255 e. The van der Waals surface area contributed by atoms with Crippen LogP contribution in [-0.4, -0.2) is 33.2 Å². The predicted molar refractivity (Wildman–Crippen MR) is 75.1 cm³/mol. The van der Waals surface area contributed by atoms with Crippen molar-refractivity contribution in [1.29, 1.82) is 0 Å². The largest absolute Gasteiger partial charge is 0.497 e. The van der Waals surface area contributed by atoms with E-state index in [0.29, 0.717) is 30.2 Å². The smallest absolute Gasteiger partial charge is 0.255 e. The van der Waals surface area contributed by atoms with Crippen molar-refractivity contribution in [1.82, 2.24) is 5.32 Å². The Kier molecular flexibility index (Phi) is 6.78. The number of hydrogen-bond donors (Lipinski definition) is 1. The van der Waals surface area contributed by atoms with Crippen LogP contribution in [0, 0.1) is 0 Å². The Bertz CT molecular complexity index is 498. The van der Waals surface area contributed by atoms with E-state index >= 15 is 0 Å². The highest BCUT2D eigenvalue weighted by atomic mass is 16.5. The first kappa shape index (κ1) is 15.7.